The standard InChI is InChI=1S/C14H10BrClF2O/c15-11-5-9(7-16)2-4-14(11)19-8-10-1-3-12(17)13(18)6-10/h1-6H,7-8H2. The molecule has 0 fully saturated rings. The van der Waals surface area contributed by atoms with Crippen LogP contribution in [0.4, 0.5) is 8.78 Å². The molecule has 0 unspecified atom stereocenters. The zero-order valence-corrected chi connectivity index (χ0v) is 12.1. The summed E-state index contributed by atoms with van der Waals surface area (Å²) in [7, 11) is 0. The van der Waals surface area contributed by atoms with E-state index >= 15 is 0 Å². The van der Waals surface area contributed by atoms with Gasteiger partial charge in [-0.15, -0.1) is 11.6 Å². The molecule has 0 N–H and O–H groups in total. The number of benzene rings is 2. The molecule has 0 aliphatic carbocycles. The van der Waals surface area contributed by atoms with Crippen LogP contribution in [0.3, 0.4) is 0 Å². The minimum atomic E-state index is -0.877. The Kier molecular flexibility index (Phi) is 4.77. The molecule has 0 saturated heterocycles. The lowest BCUT2D eigenvalue weighted by Gasteiger charge is -2.09. The van der Waals surface area contributed by atoms with E-state index in [-0.39, 0.29) is 6.61 Å². The summed E-state index contributed by atoms with van der Waals surface area (Å²) in [5, 5.41) is 0. The van der Waals surface area contributed by atoms with Gasteiger partial charge in [-0.1, -0.05) is 12.1 Å². The van der Waals surface area contributed by atoms with Crippen molar-refractivity contribution in [2.24, 2.45) is 0 Å². The molecule has 0 saturated carbocycles. The maximum Gasteiger partial charge on any atom is 0.159 e. The van der Waals surface area contributed by atoms with Crippen molar-refractivity contribution in [2.75, 3.05) is 0 Å². The van der Waals surface area contributed by atoms with Gasteiger partial charge in [-0.2, -0.15) is 0 Å². The molecule has 1 nitrogen and oxygen atoms in total. The minimum absolute atomic E-state index is 0.163. The molecule has 0 aliphatic rings. The highest BCUT2D eigenvalue weighted by atomic mass is 79.9. The fourth-order valence-electron chi connectivity index (χ4n) is 1.54. The number of halogens is 4. The first-order valence-electron chi connectivity index (χ1n) is 5.51. The molecule has 0 radical (unpaired) electrons. The minimum Gasteiger partial charge on any atom is -0.488 e. The van der Waals surface area contributed by atoms with Crippen molar-refractivity contribution in [1.29, 1.82) is 0 Å². The summed E-state index contributed by atoms with van der Waals surface area (Å²) >= 11 is 9.09. The van der Waals surface area contributed by atoms with Gasteiger partial charge in [-0.3, -0.25) is 0 Å². The molecule has 2 aromatic carbocycles. The maximum absolute atomic E-state index is 13.0. The average molecular weight is 348 g/mol. The number of hydrogen-bond donors (Lipinski definition) is 0. The second kappa shape index (κ2) is 6.35. The topological polar surface area (TPSA) is 9.23 Å². The summed E-state index contributed by atoms with van der Waals surface area (Å²) in [5.74, 6) is -0.699. The third-order valence-corrected chi connectivity index (χ3v) is 3.46. The van der Waals surface area contributed by atoms with E-state index in [1.54, 1.807) is 6.07 Å². The van der Waals surface area contributed by atoms with E-state index in [2.05, 4.69) is 15.9 Å². The lowest BCUT2D eigenvalue weighted by molar-refractivity contribution is 0.303. The second-order valence-corrected chi connectivity index (χ2v) is 5.06. The molecule has 0 amide bonds. The van der Waals surface area contributed by atoms with Crippen LogP contribution < -0.4 is 4.74 Å². The molecule has 0 bridgehead atoms. The van der Waals surface area contributed by atoms with Crippen LogP contribution in [0.2, 0.25) is 0 Å². The Labute approximate surface area is 123 Å². The smallest absolute Gasteiger partial charge is 0.159 e. The van der Waals surface area contributed by atoms with Crippen LogP contribution >= 0.6 is 27.5 Å². The van der Waals surface area contributed by atoms with Gasteiger partial charge in [0.15, 0.2) is 11.6 Å². The Morgan fingerprint density at radius 1 is 1.00 bits per heavy atom. The van der Waals surface area contributed by atoms with Crippen LogP contribution in [-0.4, -0.2) is 0 Å². The Morgan fingerprint density at radius 2 is 1.74 bits per heavy atom. The molecule has 5 heteroatoms. The summed E-state index contributed by atoms with van der Waals surface area (Å²) in [6.07, 6.45) is 0. The number of alkyl halides is 1. The highest BCUT2D eigenvalue weighted by Gasteiger charge is 2.05. The van der Waals surface area contributed by atoms with Crippen LogP contribution in [0.15, 0.2) is 40.9 Å². The highest BCUT2D eigenvalue weighted by molar-refractivity contribution is 9.10. The summed E-state index contributed by atoms with van der Waals surface area (Å²) in [6, 6.07) is 9.17. The van der Waals surface area contributed by atoms with Crippen molar-refractivity contribution >= 4 is 27.5 Å². The SMILES string of the molecule is Fc1ccc(COc2ccc(CCl)cc2Br)cc1F. The number of hydrogen-bond acceptors (Lipinski definition) is 1. The average Bonchev–Trinajstić information content (AvgIpc) is 2.41. The van der Waals surface area contributed by atoms with E-state index in [0.717, 1.165) is 22.2 Å². The Hall–Kier alpha value is -1.13. The van der Waals surface area contributed by atoms with Gasteiger partial charge < -0.3 is 4.74 Å². The lowest BCUT2D eigenvalue weighted by Crippen LogP contribution is -1.98. The Balaban J connectivity index is 2.07. The van der Waals surface area contributed by atoms with Crippen LogP contribution in [0.25, 0.3) is 0 Å². The van der Waals surface area contributed by atoms with Crippen molar-refractivity contribution in [2.45, 2.75) is 12.5 Å². The van der Waals surface area contributed by atoms with Crippen LogP contribution in [0.5, 0.6) is 5.75 Å². The predicted molar refractivity (Wildman–Crippen MR) is 74.4 cm³/mol. The first-order valence-corrected chi connectivity index (χ1v) is 6.84. The normalized spacial score (nSPS) is 10.5. The van der Waals surface area contributed by atoms with Gasteiger partial charge in [-0.25, -0.2) is 8.78 Å². The summed E-state index contributed by atoms with van der Waals surface area (Å²) in [4.78, 5) is 0. The van der Waals surface area contributed by atoms with E-state index < -0.39 is 11.6 Å². The summed E-state index contributed by atoms with van der Waals surface area (Å²) < 4.78 is 32.1. The zero-order chi connectivity index (χ0) is 13.8. The van der Waals surface area contributed by atoms with E-state index in [1.807, 2.05) is 12.1 Å². The van der Waals surface area contributed by atoms with Gasteiger partial charge in [0.25, 0.3) is 0 Å². The summed E-state index contributed by atoms with van der Waals surface area (Å²) in [5.41, 5.74) is 1.53. The lowest BCUT2D eigenvalue weighted by atomic mass is 10.2. The molecule has 2 rings (SSSR count). The van der Waals surface area contributed by atoms with Crippen molar-refractivity contribution in [1.82, 2.24) is 0 Å². The summed E-state index contributed by atoms with van der Waals surface area (Å²) in [6.45, 7) is 0.163. The number of rotatable bonds is 4. The van der Waals surface area contributed by atoms with E-state index in [4.69, 9.17) is 16.3 Å². The second-order valence-electron chi connectivity index (χ2n) is 3.94. The maximum atomic E-state index is 13.0. The third kappa shape index (κ3) is 3.67. The molecular formula is C14H10BrClF2O. The first-order chi connectivity index (χ1) is 9.10. The van der Waals surface area contributed by atoms with Gasteiger partial charge in [0.05, 0.1) is 4.47 Å². The molecule has 100 valence electrons. The Morgan fingerprint density at radius 3 is 2.37 bits per heavy atom. The van der Waals surface area contributed by atoms with Crippen molar-refractivity contribution in [3.63, 3.8) is 0 Å². The van der Waals surface area contributed by atoms with Crippen LogP contribution in [-0.2, 0) is 12.5 Å². The van der Waals surface area contributed by atoms with E-state index in [1.165, 1.54) is 6.07 Å². The van der Waals surface area contributed by atoms with Crippen molar-refractivity contribution in [3.8, 4) is 5.75 Å². The van der Waals surface area contributed by atoms with Gasteiger partial charge in [0, 0.05) is 5.88 Å². The van der Waals surface area contributed by atoms with Gasteiger partial charge >= 0.3 is 0 Å². The van der Waals surface area contributed by atoms with E-state index in [9.17, 15) is 8.78 Å². The van der Waals surface area contributed by atoms with Crippen molar-refractivity contribution < 1.29 is 13.5 Å². The van der Waals surface area contributed by atoms with Gasteiger partial charge in [-0.05, 0) is 51.3 Å². The third-order valence-electron chi connectivity index (χ3n) is 2.53. The molecule has 0 heterocycles. The fourth-order valence-corrected chi connectivity index (χ4v) is 2.24. The predicted octanol–water partition coefficient (Wildman–Crippen LogP) is 5.05. The molecule has 0 aromatic heterocycles. The monoisotopic (exact) mass is 346 g/mol. The molecule has 2 aromatic rings. The molecular weight excluding hydrogens is 338 g/mol. The van der Waals surface area contributed by atoms with Crippen LogP contribution in [0.1, 0.15) is 11.1 Å². The molecule has 19 heavy (non-hydrogen) atoms. The van der Waals surface area contributed by atoms with Gasteiger partial charge in [0.2, 0.25) is 0 Å². The largest absolute Gasteiger partial charge is 0.488 e. The van der Waals surface area contributed by atoms with Gasteiger partial charge in [0.1, 0.15) is 12.4 Å². The molecule has 0 spiro atoms. The molecule has 0 atom stereocenters. The van der Waals surface area contributed by atoms with E-state index in [0.29, 0.717) is 17.2 Å². The zero-order valence-electron chi connectivity index (χ0n) is 9.80. The highest BCUT2D eigenvalue weighted by Crippen LogP contribution is 2.27. The number of ether oxygens (including phenoxy) is 1. The Bertz CT molecular complexity index is 590. The quantitative estimate of drug-likeness (QED) is 0.704. The fraction of sp³-hybridized carbons (Fsp3) is 0.143. The first kappa shape index (κ1) is 14.3. The van der Waals surface area contributed by atoms with Crippen LogP contribution in [0, 0.1) is 11.6 Å². The molecule has 0 aliphatic heterocycles. The van der Waals surface area contributed by atoms with Crippen molar-refractivity contribution in [3.05, 3.63) is 63.6 Å².